The summed E-state index contributed by atoms with van der Waals surface area (Å²) in [5.74, 6) is 0.772. The van der Waals surface area contributed by atoms with Gasteiger partial charge in [-0.15, -0.1) is 0 Å². The van der Waals surface area contributed by atoms with Crippen LogP contribution in [0.1, 0.15) is 68.8 Å². The molecule has 33 heavy (non-hydrogen) atoms. The van der Waals surface area contributed by atoms with Gasteiger partial charge < -0.3 is 10.1 Å². The molecule has 4 rings (SSSR count). The smallest absolute Gasteiger partial charge is 0.226 e. The highest BCUT2D eigenvalue weighted by Crippen LogP contribution is 2.40. The van der Waals surface area contributed by atoms with E-state index >= 15 is 0 Å². The molecule has 1 aliphatic heterocycles. The fourth-order valence-electron chi connectivity index (χ4n) is 4.52. The Morgan fingerprint density at radius 1 is 1.12 bits per heavy atom. The quantitative estimate of drug-likeness (QED) is 0.325. The fourth-order valence-corrected chi connectivity index (χ4v) is 4.52. The lowest BCUT2D eigenvalue weighted by molar-refractivity contribution is 0.263. The number of nitrogens with one attached hydrogen (secondary N) is 3. The Kier molecular flexibility index (Phi) is 5.87. The Labute approximate surface area is 196 Å². The molecule has 1 atom stereocenters. The first-order chi connectivity index (χ1) is 15.6. The van der Waals surface area contributed by atoms with Gasteiger partial charge in [0.25, 0.3) is 0 Å². The van der Waals surface area contributed by atoms with Crippen molar-refractivity contribution in [2.45, 2.75) is 64.5 Å². The second-order valence-electron chi connectivity index (χ2n) is 10.2. The van der Waals surface area contributed by atoms with E-state index in [2.05, 4.69) is 81.4 Å². The van der Waals surface area contributed by atoms with E-state index in [1.807, 2.05) is 22.9 Å². The van der Waals surface area contributed by atoms with E-state index in [-0.39, 0.29) is 28.8 Å². The molecule has 0 saturated heterocycles. The Balaban J connectivity index is 1.51. The standard InChI is InChI=1S/C27H33N5O/c1-18-11-13-20(14-12-18)26(2,3)16-23(28)33-24(29)21-17-30-32-25(21)31-22(15-27(32,4)5)19-9-7-6-8-10-19/h6-14,17,22,28-29,31H,15-16H2,1-5H3. The van der Waals surface area contributed by atoms with Gasteiger partial charge in [-0.25, -0.2) is 4.68 Å². The molecule has 1 aromatic heterocycles. The lowest BCUT2D eigenvalue weighted by atomic mass is 9.81. The molecule has 3 aromatic rings. The van der Waals surface area contributed by atoms with Crippen LogP contribution in [0.3, 0.4) is 0 Å². The van der Waals surface area contributed by atoms with Crippen LogP contribution in [-0.4, -0.2) is 21.6 Å². The predicted molar refractivity (Wildman–Crippen MR) is 133 cm³/mol. The summed E-state index contributed by atoms with van der Waals surface area (Å²) in [6, 6.07) is 18.8. The van der Waals surface area contributed by atoms with E-state index in [9.17, 15) is 0 Å². The molecule has 2 heterocycles. The molecule has 1 unspecified atom stereocenters. The van der Waals surface area contributed by atoms with Crippen LogP contribution in [-0.2, 0) is 15.7 Å². The molecule has 0 spiro atoms. The monoisotopic (exact) mass is 443 g/mol. The van der Waals surface area contributed by atoms with Crippen LogP contribution in [0.4, 0.5) is 5.82 Å². The Morgan fingerprint density at radius 3 is 2.45 bits per heavy atom. The number of fused-ring (bicyclic) bond motifs is 1. The summed E-state index contributed by atoms with van der Waals surface area (Å²) in [5, 5.41) is 25.2. The number of benzene rings is 2. The number of hydrogen-bond acceptors (Lipinski definition) is 5. The van der Waals surface area contributed by atoms with Crippen molar-refractivity contribution in [2.24, 2.45) is 0 Å². The van der Waals surface area contributed by atoms with E-state index in [0.717, 1.165) is 17.8 Å². The first-order valence-corrected chi connectivity index (χ1v) is 11.4. The van der Waals surface area contributed by atoms with Crippen LogP contribution >= 0.6 is 0 Å². The molecule has 0 radical (unpaired) electrons. The zero-order valence-corrected chi connectivity index (χ0v) is 20.1. The lowest BCUT2D eigenvalue weighted by Crippen LogP contribution is -2.38. The van der Waals surface area contributed by atoms with Gasteiger partial charge in [0.2, 0.25) is 5.90 Å². The number of anilines is 1. The first-order valence-electron chi connectivity index (χ1n) is 11.4. The third-order valence-electron chi connectivity index (χ3n) is 6.46. The molecule has 0 amide bonds. The normalized spacial score (nSPS) is 17.1. The maximum absolute atomic E-state index is 8.60. The molecule has 172 valence electrons. The summed E-state index contributed by atoms with van der Waals surface area (Å²) in [6.07, 6.45) is 2.94. The molecule has 1 aliphatic rings. The van der Waals surface area contributed by atoms with Gasteiger partial charge in [-0.05, 0) is 43.7 Å². The van der Waals surface area contributed by atoms with Crippen molar-refractivity contribution >= 4 is 17.6 Å². The number of aromatic nitrogens is 2. The molecule has 0 fully saturated rings. The van der Waals surface area contributed by atoms with Crippen molar-refractivity contribution in [3.05, 3.63) is 83.0 Å². The Morgan fingerprint density at radius 2 is 1.79 bits per heavy atom. The van der Waals surface area contributed by atoms with E-state index in [4.69, 9.17) is 15.6 Å². The summed E-state index contributed by atoms with van der Waals surface area (Å²) in [7, 11) is 0. The van der Waals surface area contributed by atoms with E-state index < -0.39 is 0 Å². The second kappa shape index (κ2) is 8.50. The third-order valence-corrected chi connectivity index (χ3v) is 6.46. The van der Waals surface area contributed by atoms with E-state index in [0.29, 0.717) is 12.0 Å². The molecule has 0 aliphatic carbocycles. The Bertz CT molecular complexity index is 1160. The predicted octanol–water partition coefficient (Wildman–Crippen LogP) is 6.17. The van der Waals surface area contributed by atoms with Crippen LogP contribution in [0.15, 0.2) is 60.8 Å². The third kappa shape index (κ3) is 4.70. The average molecular weight is 444 g/mol. The lowest BCUT2D eigenvalue weighted by Gasteiger charge is -2.38. The van der Waals surface area contributed by atoms with Crippen molar-refractivity contribution in [3.8, 4) is 0 Å². The van der Waals surface area contributed by atoms with Gasteiger partial charge in [0.1, 0.15) is 5.82 Å². The van der Waals surface area contributed by atoms with Crippen molar-refractivity contribution in [3.63, 3.8) is 0 Å². The van der Waals surface area contributed by atoms with Gasteiger partial charge in [0, 0.05) is 6.42 Å². The molecular weight excluding hydrogens is 410 g/mol. The zero-order chi connectivity index (χ0) is 23.8. The highest BCUT2D eigenvalue weighted by Gasteiger charge is 2.36. The minimum absolute atomic E-state index is 0.0574. The molecule has 6 nitrogen and oxygen atoms in total. The number of nitrogens with zero attached hydrogens (tertiary/aromatic N) is 2. The number of aryl methyl sites for hydroxylation is 1. The van der Waals surface area contributed by atoms with E-state index in [1.54, 1.807) is 6.20 Å². The van der Waals surface area contributed by atoms with Gasteiger partial charge in [-0.1, -0.05) is 74.0 Å². The maximum atomic E-state index is 8.60. The van der Waals surface area contributed by atoms with Gasteiger partial charge in [-0.3, -0.25) is 10.8 Å². The topological polar surface area (TPSA) is 86.8 Å². The fraction of sp³-hybridized carbons (Fsp3) is 0.370. The van der Waals surface area contributed by atoms with Crippen LogP contribution < -0.4 is 5.32 Å². The largest absolute Gasteiger partial charge is 0.425 e. The second-order valence-corrected chi connectivity index (χ2v) is 10.2. The zero-order valence-electron chi connectivity index (χ0n) is 20.1. The molecule has 0 bridgehead atoms. The molecule has 2 aromatic carbocycles. The molecule has 6 heteroatoms. The van der Waals surface area contributed by atoms with E-state index in [1.165, 1.54) is 11.1 Å². The Hall–Kier alpha value is -3.41. The summed E-state index contributed by atoms with van der Waals surface area (Å²) in [5.41, 5.74) is 3.62. The maximum Gasteiger partial charge on any atom is 0.226 e. The van der Waals surface area contributed by atoms with Crippen molar-refractivity contribution in [1.82, 2.24) is 9.78 Å². The SMILES string of the molecule is Cc1ccc(C(C)(C)CC(=N)OC(=N)c2cnn3c2NC(c2ccccc2)CC3(C)C)cc1. The number of ether oxygens (including phenoxy) is 1. The first kappa shape index (κ1) is 22.8. The highest BCUT2D eigenvalue weighted by atomic mass is 16.5. The van der Waals surface area contributed by atoms with Gasteiger partial charge in [0.05, 0.1) is 23.3 Å². The summed E-state index contributed by atoms with van der Waals surface area (Å²) in [4.78, 5) is 0. The molecular formula is C27H33N5O. The molecule has 0 saturated carbocycles. The number of hydrogen-bond donors (Lipinski definition) is 3. The summed E-state index contributed by atoms with van der Waals surface area (Å²) >= 11 is 0. The van der Waals surface area contributed by atoms with Crippen molar-refractivity contribution < 1.29 is 4.74 Å². The summed E-state index contributed by atoms with van der Waals surface area (Å²) in [6.45, 7) is 10.6. The van der Waals surface area contributed by atoms with Gasteiger partial charge >= 0.3 is 0 Å². The molecule has 3 N–H and O–H groups in total. The van der Waals surface area contributed by atoms with Crippen LogP contribution in [0.5, 0.6) is 0 Å². The van der Waals surface area contributed by atoms with Gasteiger partial charge in [-0.2, -0.15) is 5.10 Å². The summed E-state index contributed by atoms with van der Waals surface area (Å²) < 4.78 is 7.65. The van der Waals surface area contributed by atoms with Gasteiger partial charge in [0.15, 0.2) is 5.90 Å². The van der Waals surface area contributed by atoms with Crippen LogP contribution in [0.25, 0.3) is 0 Å². The van der Waals surface area contributed by atoms with Crippen LogP contribution in [0.2, 0.25) is 0 Å². The highest BCUT2D eigenvalue weighted by molar-refractivity contribution is 6.02. The minimum Gasteiger partial charge on any atom is -0.425 e. The minimum atomic E-state index is -0.276. The van der Waals surface area contributed by atoms with Crippen molar-refractivity contribution in [2.75, 3.05) is 5.32 Å². The number of rotatable bonds is 5. The van der Waals surface area contributed by atoms with Crippen LogP contribution in [0, 0.1) is 17.7 Å². The average Bonchev–Trinajstić information content (AvgIpc) is 3.19. The van der Waals surface area contributed by atoms with Crippen molar-refractivity contribution in [1.29, 1.82) is 10.8 Å².